The first-order chi connectivity index (χ1) is 12.5. The van der Waals surface area contributed by atoms with Crippen LogP contribution >= 0.6 is 35.0 Å². The minimum Gasteiger partial charge on any atom is -0.481 e. The zero-order valence-electron chi connectivity index (χ0n) is 14.5. The quantitative estimate of drug-likeness (QED) is 0.652. The SMILES string of the molecule is CSc1ccc(C(c2cccc(Cl)c2Cl)N2CCC(C(=O)O)CC2)cc1. The molecule has 0 amide bonds. The average molecular weight is 410 g/mol. The number of carboxylic acids is 1. The van der Waals surface area contributed by atoms with E-state index in [0.717, 1.165) is 24.2 Å². The third-order valence-electron chi connectivity index (χ3n) is 4.95. The number of halogens is 2. The van der Waals surface area contributed by atoms with Crippen molar-refractivity contribution in [3.63, 3.8) is 0 Å². The topological polar surface area (TPSA) is 40.5 Å². The van der Waals surface area contributed by atoms with E-state index in [1.165, 1.54) is 4.90 Å². The Balaban J connectivity index is 1.96. The van der Waals surface area contributed by atoms with Crippen LogP contribution in [0.3, 0.4) is 0 Å². The van der Waals surface area contributed by atoms with Gasteiger partial charge in [-0.2, -0.15) is 0 Å². The summed E-state index contributed by atoms with van der Waals surface area (Å²) in [7, 11) is 0. The lowest BCUT2D eigenvalue weighted by Crippen LogP contribution is -2.39. The van der Waals surface area contributed by atoms with Gasteiger partial charge >= 0.3 is 5.97 Å². The summed E-state index contributed by atoms with van der Waals surface area (Å²) in [5, 5.41) is 10.4. The Bertz CT molecular complexity index is 774. The molecule has 0 bridgehead atoms. The molecule has 1 unspecified atom stereocenters. The van der Waals surface area contributed by atoms with E-state index in [9.17, 15) is 9.90 Å². The van der Waals surface area contributed by atoms with Crippen molar-refractivity contribution in [3.05, 3.63) is 63.6 Å². The predicted octanol–water partition coefficient (Wildman–Crippen LogP) is 5.60. The molecule has 0 saturated carbocycles. The third-order valence-corrected chi connectivity index (χ3v) is 6.53. The van der Waals surface area contributed by atoms with Crippen LogP contribution in [0.4, 0.5) is 0 Å². The van der Waals surface area contributed by atoms with Crippen molar-refractivity contribution in [1.82, 2.24) is 4.90 Å². The number of carbonyl (C=O) groups is 1. The van der Waals surface area contributed by atoms with E-state index >= 15 is 0 Å². The Kier molecular flexibility index (Phi) is 6.51. The summed E-state index contributed by atoms with van der Waals surface area (Å²) in [6, 6.07) is 14.1. The van der Waals surface area contributed by atoms with Crippen molar-refractivity contribution in [1.29, 1.82) is 0 Å². The molecule has 1 N–H and O–H groups in total. The van der Waals surface area contributed by atoms with E-state index in [1.807, 2.05) is 12.1 Å². The average Bonchev–Trinajstić information content (AvgIpc) is 2.66. The largest absolute Gasteiger partial charge is 0.481 e. The van der Waals surface area contributed by atoms with Gasteiger partial charge in [-0.15, -0.1) is 11.8 Å². The van der Waals surface area contributed by atoms with E-state index in [-0.39, 0.29) is 12.0 Å². The van der Waals surface area contributed by atoms with E-state index in [2.05, 4.69) is 35.4 Å². The van der Waals surface area contributed by atoms with Crippen LogP contribution in [0, 0.1) is 5.92 Å². The molecule has 0 aliphatic carbocycles. The molecule has 0 spiro atoms. The van der Waals surface area contributed by atoms with Gasteiger partial charge in [-0.05, 0) is 61.5 Å². The van der Waals surface area contributed by atoms with Crippen LogP contribution in [-0.4, -0.2) is 35.3 Å². The van der Waals surface area contributed by atoms with Gasteiger partial charge in [0.25, 0.3) is 0 Å². The van der Waals surface area contributed by atoms with Crippen molar-refractivity contribution >= 4 is 40.9 Å². The van der Waals surface area contributed by atoms with Crippen LogP contribution in [0.2, 0.25) is 10.0 Å². The summed E-state index contributed by atoms with van der Waals surface area (Å²) >= 11 is 14.5. The molecule has 3 rings (SSSR count). The van der Waals surface area contributed by atoms with Crippen LogP contribution in [0.15, 0.2) is 47.4 Å². The lowest BCUT2D eigenvalue weighted by atomic mass is 9.91. The summed E-state index contributed by atoms with van der Waals surface area (Å²) in [6.45, 7) is 1.43. The Hall–Kier alpha value is -1.20. The Morgan fingerprint density at radius 3 is 2.38 bits per heavy atom. The highest BCUT2D eigenvalue weighted by Gasteiger charge is 2.31. The van der Waals surface area contributed by atoms with Crippen molar-refractivity contribution in [2.24, 2.45) is 5.92 Å². The lowest BCUT2D eigenvalue weighted by Gasteiger charge is -2.37. The fraction of sp³-hybridized carbons (Fsp3) is 0.350. The van der Waals surface area contributed by atoms with Crippen molar-refractivity contribution in [2.45, 2.75) is 23.8 Å². The highest BCUT2D eigenvalue weighted by molar-refractivity contribution is 7.98. The van der Waals surface area contributed by atoms with Gasteiger partial charge in [-0.25, -0.2) is 0 Å². The second kappa shape index (κ2) is 8.66. The molecule has 0 aromatic heterocycles. The molecule has 3 nitrogen and oxygen atoms in total. The molecule has 1 aliphatic rings. The number of aliphatic carboxylic acids is 1. The van der Waals surface area contributed by atoms with Crippen LogP contribution in [0.25, 0.3) is 0 Å². The Morgan fingerprint density at radius 1 is 1.15 bits per heavy atom. The van der Waals surface area contributed by atoms with Crippen LogP contribution in [0.5, 0.6) is 0 Å². The highest BCUT2D eigenvalue weighted by atomic mass is 35.5. The molecule has 1 heterocycles. The van der Waals surface area contributed by atoms with Gasteiger partial charge in [0.05, 0.1) is 22.0 Å². The van der Waals surface area contributed by atoms with Gasteiger partial charge in [0.1, 0.15) is 0 Å². The molecule has 1 aliphatic heterocycles. The molecule has 0 radical (unpaired) electrons. The van der Waals surface area contributed by atoms with Crippen LogP contribution < -0.4 is 0 Å². The number of hydrogen-bond acceptors (Lipinski definition) is 3. The second-order valence-corrected chi connectivity index (χ2v) is 8.13. The van der Waals surface area contributed by atoms with Gasteiger partial charge in [-0.3, -0.25) is 9.69 Å². The third kappa shape index (κ3) is 4.20. The number of benzene rings is 2. The summed E-state index contributed by atoms with van der Waals surface area (Å²) < 4.78 is 0. The lowest BCUT2D eigenvalue weighted by molar-refractivity contribution is -0.143. The smallest absolute Gasteiger partial charge is 0.306 e. The van der Waals surface area contributed by atoms with Gasteiger partial charge in [0.15, 0.2) is 0 Å². The molecular weight excluding hydrogens is 389 g/mol. The number of nitrogens with zero attached hydrogens (tertiary/aromatic N) is 1. The monoisotopic (exact) mass is 409 g/mol. The molecule has 26 heavy (non-hydrogen) atoms. The maximum Gasteiger partial charge on any atom is 0.306 e. The van der Waals surface area contributed by atoms with E-state index in [1.54, 1.807) is 17.8 Å². The van der Waals surface area contributed by atoms with Gasteiger partial charge in [0, 0.05) is 4.90 Å². The minimum atomic E-state index is -0.702. The molecule has 1 atom stereocenters. The number of thioether (sulfide) groups is 1. The molecular formula is C20H21Cl2NO2S. The number of rotatable bonds is 5. The molecule has 2 aromatic carbocycles. The molecule has 6 heteroatoms. The van der Waals surface area contributed by atoms with Gasteiger partial charge in [0.2, 0.25) is 0 Å². The first-order valence-corrected chi connectivity index (χ1v) is 10.5. The predicted molar refractivity (Wildman–Crippen MR) is 108 cm³/mol. The summed E-state index contributed by atoms with van der Waals surface area (Å²) in [4.78, 5) is 14.8. The van der Waals surface area contributed by atoms with Crippen LogP contribution in [0.1, 0.15) is 30.0 Å². The second-order valence-electron chi connectivity index (χ2n) is 6.47. The Labute approximate surface area is 168 Å². The van der Waals surface area contributed by atoms with E-state index < -0.39 is 5.97 Å². The maximum absolute atomic E-state index is 11.3. The Morgan fingerprint density at radius 2 is 1.81 bits per heavy atom. The first kappa shape index (κ1) is 19.6. The van der Waals surface area contributed by atoms with Crippen molar-refractivity contribution < 1.29 is 9.90 Å². The molecule has 138 valence electrons. The van der Waals surface area contributed by atoms with Crippen molar-refractivity contribution in [3.8, 4) is 0 Å². The maximum atomic E-state index is 11.3. The van der Waals surface area contributed by atoms with Crippen LogP contribution in [-0.2, 0) is 4.79 Å². The number of piperidine rings is 1. The normalized spacial score (nSPS) is 17.2. The summed E-state index contributed by atoms with van der Waals surface area (Å²) in [5.74, 6) is -0.966. The van der Waals surface area contributed by atoms with E-state index in [4.69, 9.17) is 23.2 Å². The van der Waals surface area contributed by atoms with E-state index in [0.29, 0.717) is 22.9 Å². The zero-order chi connectivity index (χ0) is 18.7. The number of hydrogen-bond donors (Lipinski definition) is 1. The standard InChI is InChI=1S/C20H21Cl2NO2S/c1-26-15-7-5-13(6-8-15)19(16-3-2-4-17(21)18(16)22)23-11-9-14(10-12-23)20(24)25/h2-8,14,19H,9-12H2,1H3,(H,24,25). The van der Waals surface area contributed by atoms with Gasteiger partial charge < -0.3 is 5.11 Å². The van der Waals surface area contributed by atoms with Gasteiger partial charge in [-0.1, -0.05) is 47.5 Å². The number of likely N-dealkylation sites (tertiary alicyclic amines) is 1. The number of carboxylic acid groups (broad SMARTS) is 1. The zero-order valence-corrected chi connectivity index (χ0v) is 16.8. The van der Waals surface area contributed by atoms with Crippen molar-refractivity contribution in [2.75, 3.05) is 19.3 Å². The molecule has 1 saturated heterocycles. The molecule has 2 aromatic rings. The first-order valence-electron chi connectivity index (χ1n) is 8.56. The molecule has 1 fully saturated rings. The summed E-state index contributed by atoms with van der Waals surface area (Å²) in [5.41, 5.74) is 2.10. The summed E-state index contributed by atoms with van der Waals surface area (Å²) in [6.07, 6.45) is 3.34. The minimum absolute atomic E-state index is 0.0353. The highest BCUT2D eigenvalue weighted by Crippen LogP contribution is 2.39. The fourth-order valence-electron chi connectivity index (χ4n) is 3.51. The fourth-order valence-corrected chi connectivity index (χ4v) is 4.33.